The Balaban J connectivity index is 0.000000172. The van der Waals surface area contributed by atoms with Crippen LogP contribution in [0.4, 0.5) is 0 Å². The summed E-state index contributed by atoms with van der Waals surface area (Å²) in [5, 5.41) is 22.4. The van der Waals surface area contributed by atoms with Crippen molar-refractivity contribution in [1.82, 2.24) is 15.0 Å². The summed E-state index contributed by atoms with van der Waals surface area (Å²) in [6, 6.07) is 15.3. The molecule has 0 radical (unpaired) electrons. The number of fused-ring (bicyclic) bond motifs is 6. The van der Waals surface area contributed by atoms with Crippen LogP contribution < -0.4 is 0 Å². The van der Waals surface area contributed by atoms with Gasteiger partial charge in [-0.25, -0.2) is 14.8 Å². The zero-order valence-electron chi connectivity index (χ0n) is 33.7. The Morgan fingerprint density at radius 3 is 1.89 bits per heavy atom. The first-order valence-electron chi connectivity index (χ1n) is 20.1. The first-order valence-corrected chi connectivity index (χ1v) is 21.7. The third-order valence-corrected chi connectivity index (χ3v) is 13.4. The highest BCUT2D eigenvalue weighted by molar-refractivity contribution is 7.19. The molecule has 0 saturated carbocycles. The number of hydrogen-bond donors (Lipinski definition) is 1. The minimum atomic E-state index is -1.10. The highest BCUT2D eigenvalue weighted by atomic mass is 32.1. The largest absolute Gasteiger partial charge is 0.479 e. The van der Waals surface area contributed by atoms with Crippen LogP contribution in [0.1, 0.15) is 127 Å². The monoisotopic (exact) mass is 784 g/mol. The van der Waals surface area contributed by atoms with E-state index in [1.165, 1.54) is 68.6 Å². The summed E-state index contributed by atoms with van der Waals surface area (Å²) in [4.78, 5) is 31.5. The number of carboxylic acid groups (broad SMARTS) is 1. The van der Waals surface area contributed by atoms with Crippen LogP contribution in [0.2, 0.25) is 0 Å². The summed E-state index contributed by atoms with van der Waals surface area (Å²) in [6.45, 7) is 13.9. The number of carbonyl (C=O) groups is 1. The molecule has 9 heteroatoms. The first-order chi connectivity index (χ1) is 26.9. The number of carboxylic acids is 1. The summed E-state index contributed by atoms with van der Waals surface area (Å²) in [7, 11) is 0. The van der Waals surface area contributed by atoms with E-state index in [-0.39, 0.29) is 5.92 Å². The molecule has 2 aliphatic carbocycles. The Kier molecular flexibility index (Phi) is 11.7. The molecule has 290 valence electrons. The Morgan fingerprint density at radius 1 is 0.839 bits per heavy atom. The van der Waals surface area contributed by atoms with Gasteiger partial charge in [-0.05, 0) is 133 Å². The van der Waals surface area contributed by atoms with E-state index in [4.69, 9.17) is 14.7 Å². The van der Waals surface area contributed by atoms with Gasteiger partial charge in [-0.3, -0.25) is 4.98 Å². The Morgan fingerprint density at radius 2 is 1.39 bits per heavy atom. The van der Waals surface area contributed by atoms with E-state index in [0.29, 0.717) is 11.3 Å². The number of aliphatic carboxylic acids is 1. The maximum absolute atomic E-state index is 12.3. The van der Waals surface area contributed by atoms with Crippen molar-refractivity contribution >= 4 is 49.1 Å². The topological polar surface area (TPSA) is 109 Å². The average molecular weight is 785 g/mol. The maximum atomic E-state index is 12.3. The summed E-state index contributed by atoms with van der Waals surface area (Å²) in [5.41, 5.74) is 11.3. The normalized spacial score (nSPS) is 15.0. The van der Waals surface area contributed by atoms with Crippen LogP contribution in [0.25, 0.3) is 42.7 Å². The fourth-order valence-corrected chi connectivity index (χ4v) is 11.2. The van der Waals surface area contributed by atoms with Crippen molar-refractivity contribution in [3.05, 3.63) is 97.8 Å². The molecule has 56 heavy (non-hydrogen) atoms. The summed E-state index contributed by atoms with van der Waals surface area (Å²) < 4.78 is 6.04. The van der Waals surface area contributed by atoms with E-state index < -0.39 is 17.7 Å². The lowest BCUT2D eigenvalue weighted by Gasteiger charge is -2.28. The third kappa shape index (κ3) is 7.89. The summed E-state index contributed by atoms with van der Waals surface area (Å²) >= 11 is 3.62. The second-order valence-corrected chi connectivity index (χ2v) is 18.4. The fraction of sp³-hybridized carbons (Fsp3) is 0.426. The smallest absolute Gasteiger partial charge is 0.337 e. The third-order valence-electron chi connectivity index (χ3n) is 11.0. The van der Waals surface area contributed by atoms with Crippen LogP contribution in [0.5, 0.6) is 0 Å². The summed E-state index contributed by atoms with van der Waals surface area (Å²) in [5.74, 6) is -1.10. The molecule has 6 aromatic rings. The number of hydrogen-bond acceptors (Lipinski definition) is 8. The SMILES string of the molecule is CCCC(C#N)c1c(C)nc2sc3c(c2c1-c1ccc(C)cc1)CCCC3.Cc1nc2sc3c(c2c(-c2cccnc2)c1C(OC(C)(C)C)C(=O)O)CCCC3. The zero-order valence-corrected chi connectivity index (χ0v) is 35.3. The van der Waals surface area contributed by atoms with Gasteiger partial charge in [0.2, 0.25) is 0 Å². The van der Waals surface area contributed by atoms with E-state index in [1.54, 1.807) is 23.7 Å². The molecule has 0 fully saturated rings. The molecule has 0 spiro atoms. The number of aryl methyl sites for hydroxylation is 7. The lowest BCUT2D eigenvalue weighted by Crippen LogP contribution is -2.28. The van der Waals surface area contributed by atoms with Crippen LogP contribution in [-0.4, -0.2) is 31.6 Å². The lowest BCUT2D eigenvalue weighted by molar-refractivity contribution is -0.160. The molecule has 8 rings (SSSR count). The molecule has 1 aromatic carbocycles. The molecular weight excluding hydrogens is 733 g/mol. The molecule has 5 aromatic heterocycles. The molecular formula is C47H52N4O3S2. The predicted octanol–water partition coefficient (Wildman–Crippen LogP) is 12.4. The second-order valence-electron chi connectivity index (χ2n) is 16.3. The van der Waals surface area contributed by atoms with Crippen LogP contribution in [0, 0.1) is 32.1 Å². The fourth-order valence-electron chi connectivity index (χ4n) is 8.56. The van der Waals surface area contributed by atoms with Gasteiger partial charge in [0.25, 0.3) is 0 Å². The van der Waals surface area contributed by atoms with E-state index in [2.05, 4.69) is 56.1 Å². The van der Waals surface area contributed by atoms with Crippen molar-refractivity contribution in [3.8, 4) is 28.3 Å². The summed E-state index contributed by atoms with van der Waals surface area (Å²) in [6.07, 6.45) is 13.6. The molecule has 0 bridgehead atoms. The van der Waals surface area contributed by atoms with E-state index in [9.17, 15) is 15.2 Å². The number of rotatable bonds is 8. The Bertz CT molecular complexity index is 2430. The molecule has 1 N–H and O–H groups in total. The molecule has 0 amide bonds. The van der Waals surface area contributed by atoms with Crippen molar-refractivity contribution in [3.63, 3.8) is 0 Å². The maximum Gasteiger partial charge on any atom is 0.337 e. The predicted molar refractivity (Wildman–Crippen MR) is 230 cm³/mol. The quantitative estimate of drug-likeness (QED) is 0.164. The number of ether oxygens (including phenoxy) is 1. The molecule has 2 aliphatic rings. The van der Waals surface area contributed by atoms with E-state index in [0.717, 1.165) is 76.0 Å². The van der Waals surface area contributed by atoms with Gasteiger partial charge >= 0.3 is 5.97 Å². The van der Waals surface area contributed by atoms with Crippen LogP contribution in [-0.2, 0) is 35.2 Å². The van der Waals surface area contributed by atoms with Gasteiger partial charge in [-0.15, -0.1) is 22.7 Å². The average Bonchev–Trinajstić information content (AvgIpc) is 3.73. The van der Waals surface area contributed by atoms with Crippen molar-refractivity contribution in [2.45, 2.75) is 130 Å². The standard InChI is InChI=1S/C24H26N2S.C23H26N2O3S/c1-4-7-18(14-25)21-16(3)26-24-23(19-8-5-6-9-20(19)27-24)22(21)17-12-10-15(2)11-13-17;1-13-17(20(22(26)27)28-23(2,3)4)18(14-8-7-11-24-12-14)19-15-9-5-6-10-16(15)29-21(19)25-13/h10-13,18H,4-9H2,1-3H3;7-8,11-12,20H,5-6,9-10H2,1-4H3,(H,26,27). The highest BCUT2D eigenvalue weighted by Gasteiger charge is 2.34. The van der Waals surface area contributed by atoms with Crippen molar-refractivity contribution < 1.29 is 14.6 Å². The van der Waals surface area contributed by atoms with Gasteiger partial charge in [-0.2, -0.15) is 5.26 Å². The molecule has 2 unspecified atom stereocenters. The minimum Gasteiger partial charge on any atom is -0.479 e. The molecule has 0 aliphatic heterocycles. The van der Waals surface area contributed by atoms with Gasteiger partial charge in [0.15, 0.2) is 6.10 Å². The van der Waals surface area contributed by atoms with Gasteiger partial charge in [-0.1, -0.05) is 49.2 Å². The number of nitrogens with zero attached hydrogens (tertiary/aromatic N) is 4. The van der Waals surface area contributed by atoms with Crippen LogP contribution in [0.3, 0.4) is 0 Å². The van der Waals surface area contributed by atoms with Crippen molar-refractivity contribution in [1.29, 1.82) is 5.26 Å². The second kappa shape index (κ2) is 16.5. The first kappa shape index (κ1) is 39.7. The Hall–Kier alpha value is -4.49. The zero-order chi connectivity index (χ0) is 39.7. The van der Waals surface area contributed by atoms with Gasteiger partial charge in [0, 0.05) is 61.0 Å². The molecule has 7 nitrogen and oxygen atoms in total. The molecule has 0 saturated heterocycles. The van der Waals surface area contributed by atoms with Crippen molar-refractivity contribution in [2.75, 3.05) is 0 Å². The number of thiophene rings is 2. The number of aromatic nitrogens is 3. The van der Waals surface area contributed by atoms with E-state index >= 15 is 0 Å². The molecule has 2 atom stereocenters. The van der Waals surface area contributed by atoms with Crippen LogP contribution >= 0.6 is 22.7 Å². The van der Waals surface area contributed by atoms with Gasteiger partial charge in [0.05, 0.1) is 17.6 Å². The van der Waals surface area contributed by atoms with Gasteiger partial charge < -0.3 is 9.84 Å². The number of benzene rings is 1. The lowest BCUT2D eigenvalue weighted by atomic mass is 9.84. The highest BCUT2D eigenvalue weighted by Crippen LogP contribution is 2.47. The van der Waals surface area contributed by atoms with Crippen molar-refractivity contribution in [2.24, 2.45) is 0 Å². The number of pyridine rings is 3. The van der Waals surface area contributed by atoms with Crippen LogP contribution in [0.15, 0.2) is 48.8 Å². The molecule has 5 heterocycles. The Labute approximate surface area is 338 Å². The van der Waals surface area contributed by atoms with Gasteiger partial charge in [0.1, 0.15) is 9.66 Å². The number of nitriles is 1. The van der Waals surface area contributed by atoms with E-state index in [1.807, 2.05) is 51.2 Å². The minimum absolute atomic E-state index is 0.0951.